The van der Waals surface area contributed by atoms with Crippen LogP contribution < -0.4 is 5.32 Å². The van der Waals surface area contributed by atoms with Gasteiger partial charge in [-0.15, -0.1) is 0 Å². The van der Waals surface area contributed by atoms with Crippen molar-refractivity contribution in [2.75, 3.05) is 20.7 Å². The zero-order chi connectivity index (χ0) is 13.9. The minimum atomic E-state index is 0.0407. The Morgan fingerprint density at radius 1 is 1.42 bits per heavy atom. The van der Waals surface area contributed by atoms with E-state index >= 15 is 0 Å². The first-order valence-corrected chi connectivity index (χ1v) is 7.03. The Balaban J connectivity index is 1.77. The van der Waals surface area contributed by atoms with Crippen molar-refractivity contribution in [1.29, 1.82) is 0 Å². The molecule has 0 bridgehead atoms. The van der Waals surface area contributed by atoms with Crippen LogP contribution in [0.5, 0.6) is 0 Å². The number of likely N-dealkylation sites (N-methyl/N-ethyl adjacent to an activating group) is 1. The van der Waals surface area contributed by atoms with E-state index in [0.29, 0.717) is 13.2 Å². The molecule has 1 heterocycles. The van der Waals surface area contributed by atoms with Crippen LogP contribution in [0.2, 0.25) is 0 Å². The van der Waals surface area contributed by atoms with Gasteiger partial charge in [-0.2, -0.15) is 0 Å². The Labute approximate surface area is 116 Å². The number of nitrogens with zero attached hydrogens (tertiary/aromatic N) is 1. The smallest absolute Gasteiger partial charge is 0.133 e. The molecule has 1 aromatic heterocycles. The first-order chi connectivity index (χ1) is 8.99. The van der Waals surface area contributed by atoms with Crippen molar-refractivity contribution in [3.05, 3.63) is 23.7 Å². The summed E-state index contributed by atoms with van der Waals surface area (Å²) in [6.45, 7) is 6.47. The second kappa shape index (κ2) is 6.07. The van der Waals surface area contributed by atoms with E-state index in [2.05, 4.69) is 38.2 Å². The Morgan fingerprint density at radius 3 is 2.79 bits per heavy atom. The van der Waals surface area contributed by atoms with Gasteiger partial charge in [-0.1, -0.05) is 0 Å². The minimum absolute atomic E-state index is 0.0407. The fourth-order valence-electron chi connectivity index (χ4n) is 1.72. The van der Waals surface area contributed by atoms with Crippen molar-refractivity contribution in [2.45, 2.75) is 51.4 Å². The number of nitrogens with one attached hydrogen (secondary N) is 1. The average Bonchev–Trinajstić information content (AvgIpc) is 3.07. The number of furan rings is 1. The molecule has 0 aliphatic heterocycles. The molecule has 1 aliphatic carbocycles. The molecule has 1 aromatic rings. The van der Waals surface area contributed by atoms with E-state index in [1.54, 1.807) is 6.26 Å². The second-order valence-electron chi connectivity index (χ2n) is 6.22. The fourth-order valence-corrected chi connectivity index (χ4v) is 1.72. The molecule has 1 fully saturated rings. The van der Waals surface area contributed by atoms with Gasteiger partial charge in [0.2, 0.25) is 0 Å². The minimum Gasteiger partial charge on any atom is -0.467 e. The van der Waals surface area contributed by atoms with Crippen molar-refractivity contribution in [3.8, 4) is 0 Å². The van der Waals surface area contributed by atoms with E-state index in [4.69, 9.17) is 9.15 Å². The summed E-state index contributed by atoms with van der Waals surface area (Å²) in [6, 6.07) is 2.75. The van der Waals surface area contributed by atoms with E-state index in [1.165, 1.54) is 18.4 Å². The van der Waals surface area contributed by atoms with Crippen LogP contribution in [0.1, 0.15) is 38.0 Å². The monoisotopic (exact) mass is 266 g/mol. The molecule has 0 unspecified atom stereocenters. The highest BCUT2D eigenvalue weighted by Crippen LogP contribution is 2.21. The van der Waals surface area contributed by atoms with Crippen LogP contribution >= 0.6 is 0 Å². The first kappa shape index (κ1) is 14.6. The Morgan fingerprint density at radius 2 is 2.16 bits per heavy atom. The lowest BCUT2D eigenvalue weighted by Crippen LogP contribution is -2.42. The van der Waals surface area contributed by atoms with Crippen LogP contribution in [0.15, 0.2) is 16.7 Å². The van der Waals surface area contributed by atoms with Gasteiger partial charge in [-0.05, 0) is 46.9 Å². The summed E-state index contributed by atoms with van der Waals surface area (Å²) in [6.07, 6.45) is 4.36. The van der Waals surface area contributed by atoms with Gasteiger partial charge in [0.1, 0.15) is 12.4 Å². The maximum Gasteiger partial charge on any atom is 0.133 e. The molecule has 0 spiro atoms. The van der Waals surface area contributed by atoms with Crippen molar-refractivity contribution >= 4 is 0 Å². The molecule has 0 saturated heterocycles. The maximum absolute atomic E-state index is 5.80. The lowest BCUT2D eigenvalue weighted by atomic mass is 10.1. The van der Waals surface area contributed by atoms with Gasteiger partial charge in [0, 0.05) is 23.7 Å². The van der Waals surface area contributed by atoms with Crippen LogP contribution in [0.4, 0.5) is 0 Å². The normalized spacial score (nSPS) is 16.3. The van der Waals surface area contributed by atoms with Crippen molar-refractivity contribution < 1.29 is 9.15 Å². The van der Waals surface area contributed by atoms with Crippen LogP contribution in [0.25, 0.3) is 0 Å². The zero-order valence-corrected chi connectivity index (χ0v) is 12.5. The highest BCUT2D eigenvalue weighted by atomic mass is 16.5. The summed E-state index contributed by atoms with van der Waals surface area (Å²) < 4.78 is 11.3. The quantitative estimate of drug-likeness (QED) is 0.784. The van der Waals surface area contributed by atoms with Gasteiger partial charge in [0.25, 0.3) is 0 Å². The van der Waals surface area contributed by atoms with Crippen LogP contribution in [0.3, 0.4) is 0 Å². The largest absolute Gasteiger partial charge is 0.467 e. The third-order valence-electron chi connectivity index (χ3n) is 3.90. The summed E-state index contributed by atoms with van der Waals surface area (Å²) in [5, 5.41) is 3.50. The van der Waals surface area contributed by atoms with Gasteiger partial charge in [0.15, 0.2) is 0 Å². The number of hydrogen-bond donors (Lipinski definition) is 1. The molecular weight excluding hydrogens is 240 g/mol. The molecule has 0 amide bonds. The summed E-state index contributed by atoms with van der Waals surface area (Å²) in [7, 11) is 4.14. The third-order valence-corrected chi connectivity index (χ3v) is 3.90. The Hall–Kier alpha value is -0.840. The number of rotatable bonds is 8. The van der Waals surface area contributed by atoms with E-state index in [9.17, 15) is 0 Å². The standard InChI is InChI=1S/C15H26N2O2/c1-15(2,17(3)4)11-18-10-14-12(7-8-19-14)9-16-13-5-6-13/h7-8,13,16H,5-6,9-11H2,1-4H3. The van der Waals surface area contributed by atoms with E-state index < -0.39 is 0 Å². The Kier molecular flexibility index (Phi) is 4.66. The van der Waals surface area contributed by atoms with Gasteiger partial charge >= 0.3 is 0 Å². The molecule has 0 radical (unpaired) electrons. The van der Waals surface area contributed by atoms with Crippen LogP contribution in [-0.2, 0) is 17.9 Å². The molecule has 4 heteroatoms. The molecule has 4 nitrogen and oxygen atoms in total. The topological polar surface area (TPSA) is 37.6 Å². The predicted molar refractivity (Wildman–Crippen MR) is 76.0 cm³/mol. The SMILES string of the molecule is CN(C)C(C)(C)COCc1occc1CNC1CC1. The molecule has 1 N–H and O–H groups in total. The average molecular weight is 266 g/mol. The zero-order valence-electron chi connectivity index (χ0n) is 12.5. The molecule has 19 heavy (non-hydrogen) atoms. The van der Waals surface area contributed by atoms with Crippen LogP contribution in [0, 0.1) is 0 Å². The molecule has 108 valence electrons. The molecular formula is C15H26N2O2. The third kappa shape index (κ3) is 4.34. The van der Waals surface area contributed by atoms with Crippen molar-refractivity contribution in [3.63, 3.8) is 0 Å². The Bertz CT molecular complexity index is 395. The van der Waals surface area contributed by atoms with Crippen molar-refractivity contribution in [1.82, 2.24) is 10.2 Å². The van der Waals surface area contributed by atoms with E-state index in [1.807, 2.05) is 6.07 Å². The highest BCUT2D eigenvalue weighted by molar-refractivity contribution is 5.16. The number of ether oxygens (including phenoxy) is 1. The van der Waals surface area contributed by atoms with Crippen molar-refractivity contribution in [2.24, 2.45) is 0 Å². The first-order valence-electron chi connectivity index (χ1n) is 7.03. The predicted octanol–water partition coefficient (Wildman–Crippen LogP) is 2.39. The van der Waals surface area contributed by atoms with Gasteiger partial charge in [-0.3, -0.25) is 0 Å². The van der Waals surface area contributed by atoms with E-state index in [-0.39, 0.29) is 5.54 Å². The summed E-state index contributed by atoms with van der Waals surface area (Å²) in [4.78, 5) is 2.17. The number of hydrogen-bond acceptors (Lipinski definition) is 4. The summed E-state index contributed by atoms with van der Waals surface area (Å²) in [5.41, 5.74) is 1.26. The molecule has 1 saturated carbocycles. The molecule has 0 aromatic carbocycles. The molecule has 0 atom stereocenters. The summed E-state index contributed by atoms with van der Waals surface area (Å²) >= 11 is 0. The molecule has 2 rings (SSSR count). The second-order valence-corrected chi connectivity index (χ2v) is 6.22. The lowest BCUT2D eigenvalue weighted by molar-refractivity contribution is 0.0205. The van der Waals surface area contributed by atoms with Gasteiger partial charge in [-0.25, -0.2) is 0 Å². The van der Waals surface area contributed by atoms with Gasteiger partial charge < -0.3 is 19.4 Å². The lowest BCUT2D eigenvalue weighted by Gasteiger charge is -2.32. The van der Waals surface area contributed by atoms with Crippen LogP contribution in [-0.4, -0.2) is 37.2 Å². The maximum atomic E-state index is 5.80. The highest BCUT2D eigenvalue weighted by Gasteiger charge is 2.22. The summed E-state index contributed by atoms with van der Waals surface area (Å²) in [5.74, 6) is 0.947. The van der Waals surface area contributed by atoms with E-state index in [0.717, 1.165) is 18.3 Å². The fraction of sp³-hybridized carbons (Fsp3) is 0.733. The molecule has 1 aliphatic rings. The van der Waals surface area contributed by atoms with Gasteiger partial charge in [0.05, 0.1) is 12.9 Å².